The van der Waals surface area contributed by atoms with Crippen molar-refractivity contribution in [3.05, 3.63) is 60.0 Å². The molecule has 1 aromatic carbocycles. The summed E-state index contributed by atoms with van der Waals surface area (Å²) < 4.78 is 10.4. The Kier molecular flexibility index (Phi) is 8.85. The Morgan fingerprint density at radius 2 is 2.00 bits per heavy atom. The van der Waals surface area contributed by atoms with Crippen LogP contribution in [0.4, 0.5) is 0 Å². The van der Waals surface area contributed by atoms with E-state index in [4.69, 9.17) is 9.26 Å². The number of ketones is 1. The molecule has 3 heterocycles. The summed E-state index contributed by atoms with van der Waals surface area (Å²) in [5, 5.41) is 7.81. The van der Waals surface area contributed by atoms with Gasteiger partial charge in [-0.1, -0.05) is 24.1 Å². The fourth-order valence-corrected chi connectivity index (χ4v) is 4.38. The van der Waals surface area contributed by atoms with E-state index in [1.807, 2.05) is 50.2 Å². The number of carbonyl (C=O) groups excluding carboxylic acids is 2. The standard InChI is InChI=1S/C28H34N6O4/c1-18-10-11-19-14-20(26(37-4)15-23(19)30-18)24-16-29-28(32-24)22(31-27(36)17-34(2)3)8-6-5-7-9-25(35)21-12-13-38-33-21/h10-16,22H,5-9,17H2,1-4H3,(H,29,32)(H,31,36)/t22-/m0/s1. The molecule has 0 spiro atoms. The number of aromatic nitrogens is 4. The third-order valence-electron chi connectivity index (χ3n) is 6.28. The molecule has 0 bridgehead atoms. The van der Waals surface area contributed by atoms with Gasteiger partial charge in [0.2, 0.25) is 5.91 Å². The maximum Gasteiger partial charge on any atom is 0.234 e. The zero-order chi connectivity index (χ0) is 27.1. The minimum Gasteiger partial charge on any atom is -0.496 e. The molecule has 200 valence electrons. The van der Waals surface area contributed by atoms with Crippen LogP contribution in [0.15, 0.2) is 47.3 Å². The number of unbranched alkanes of at least 4 members (excludes halogenated alkanes) is 2. The summed E-state index contributed by atoms with van der Waals surface area (Å²) in [6.07, 6.45) is 6.64. The summed E-state index contributed by atoms with van der Waals surface area (Å²) in [5.74, 6) is 1.26. The number of rotatable bonds is 13. The summed E-state index contributed by atoms with van der Waals surface area (Å²) in [6, 6.07) is 9.26. The molecule has 4 rings (SSSR count). The maximum absolute atomic E-state index is 12.6. The zero-order valence-corrected chi connectivity index (χ0v) is 22.3. The smallest absolute Gasteiger partial charge is 0.234 e. The molecule has 3 aromatic heterocycles. The highest BCUT2D eigenvalue weighted by atomic mass is 16.5. The summed E-state index contributed by atoms with van der Waals surface area (Å²) >= 11 is 0. The van der Waals surface area contributed by atoms with Gasteiger partial charge in [-0.2, -0.15) is 0 Å². The van der Waals surface area contributed by atoms with Crippen molar-refractivity contribution in [3.63, 3.8) is 0 Å². The van der Waals surface area contributed by atoms with Crippen molar-refractivity contribution in [3.8, 4) is 17.0 Å². The topological polar surface area (TPSA) is 126 Å². The number of nitrogens with zero attached hydrogens (tertiary/aromatic N) is 4. The first-order valence-corrected chi connectivity index (χ1v) is 12.7. The largest absolute Gasteiger partial charge is 0.496 e. The van der Waals surface area contributed by atoms with Gasteiger partial charge < -0.3 is 24.5 Å². The zero-order valence-electron chi connectivity index (χ0n) is 22.3. The first-order chi connectivity index (χ1) is 18.3. The van der Waals surface area contributed by atoms with Gasteiger partial charge in [0.25, 0.3) is 0 Å². The third-order valence-corrected chi connectivity index (χ3v) is 6.28. The number of nitrogens with one attached hydrogen (secondary N) is 2. The van der Waals surface area contributed by atoms with Gasteiger partial charge >= 0.3 is 0 Å². The van der Waals surface area contributed by atoms with Crippen molar-refractivity contribution in [1.29, 1.82) is 0 Å². The van der Waals surface area contributed by atoms with Crippen LogP contribution in [-0.4, -0.2) is 64.4 Å². The number of aromatic amines is 1. The predicted molar refractivity (Wildman–Crippen MR) is 144 cm³/mol. The van der Waals surface area contributed by atoms with Crippen LogP contribution in [0.2, 0.25) is 0 Å². The predicted octanol–water partition coefficient (Wildman–Crippen LogP) is 4.48. The molecule has 0 unspecified atom stereocenters. The van der Waals surface area contributed by atoms with Crippen LogP contribution in [0.25, 0.3) is 22.2 Å². The van der Waals surface area contributed by atoms with E-state index < -0.39 is 0 Å². The molecule has 0 aliphatic heterocycles. The number of benzene rings is 1. The number of fused-ring (bicyclic) bond motifs is 1. The highest BCUT2D eigenvalue weighted by Crippen LogP contribution is 2.33. The summed E-state index contributed by atoms with van der Waals surface area (Å²) in [5.41, 5.74) is 3.83. The number of hydrogen-bond acceptors (Lipinski definition) is 8. The van der Waals surface area contributed by atoms with Crippen LogP contribution in [-0.2, 0) is 4.79 Å². The van der Waals surface area contributed by atoms with Crippen molar-refractivity contribution in [2.45, 2.75) is 45.1 Å². The lowest BCUT2D eigenvalue weighted by atomic mass is 10.0. The number of Topliss-reactive ketones (excluding diaryl/α,β-unsaturated/α-hetero) is 1. The summed E-state index contributed by atoms with van der Waals surface area (Å²) in [6.45, 7) is 2.24. The van der Waals surface area contributed by atoms with E-state index in [-0.39, 0.29) is 24.3 Å². The number of hydrogen-bond donors (Lipinski definition) is 2. The quantitative estimate of drug-likeness (QED) is 0.196. The van der Waals surface area contributed by atoms with Crippen LogP contribution in [0.1, 0.15) is 60.2 Å². The lowest BCUT2D eigenvalue weighted by Gasteiger charge is -2.18. The van der Waals surface area contributed by atoms with E-state index in [1.165, 1.54) is 6.26 Å². The van der Waals surface area contributed by atoms with Gasteiger partial charge in [-0.05, 0) is 46.0 Å². The minimum atomic E-state index is -0.293. The molecule has 10 nitrogen and oxygen atoms in total. The minimum absolute atomic E-state index is 0.0278. The SMILES string of the molecule is COc1cc2nc(C)ccc2cc1-c1cnc([C@H](CCCCCC(=O)c2ccon2)NC(=O)CN(C)C)[nH]1. The average molecular weight is 519 g/mol. The van der Waals surface area contributed by atoms with Gasteiger partial charge in [-0.3, -0.25) is 14.6 Å². The van der Waals surface area contributed by atoms with Gasteiger partial charge in [0.1, 0.15) is 23.5 Å². The van der Waals surface area contributed by atoms with Crippen LogP contribution in [0, 0.1) is 6.92 Å². The normalized spacial score (nSPS) is 12.1. The second kappa shape index (κ2) is 12.5. The van der Waals surface area contributed by atoms with Gasteiger partial charge in [-0.15, -0.1) is 0 Å². The van der Waals surface area contributed by atoms with Crippen molar-refractivity contribution >= 4 is 22.6 Å². The number of carbonyl (C=O) groups is 2. The fourth-order valence-electron chi connectivity index (χ4n) is 4.38. The number of likely N-dealkylation sites (N-methyl/N-ethyl adjacent to an activating group) is 1. The molecular weight excluding hydrogens is 484 g/mol. The molecule has 0 radical (unpaired) electrons. The van der Waals surface area contributed by atoms with Gasteiger partial charge in [0, 0.05) is 35.2 Å². The molecular formula is C28H34N6O4. The number of methoxy groups -OCH3 is 1. The highest BCUT2D eigenvalue weighted by Gasteiger charge is 2.20. The number of aryl methyl sites for hydroxylation is 1. The lowest BCUT2D eigenvalue weighted by molar-refractivity contribution is -0.122. The van der Waals surface area contributed by atoms with E-state index in [0.717, 1.165) is 47.1 Å². The molecule has 38 heavy (non-hydrogen) atoms. The summed E-state index contributed by atoms with van der Waals surface area (Å²) in [7, 11) is 5.34. The molecule has 0 saturated heterocycles. The Labute approximate surface area is 221 Å². The second-order valence-electron chi connectivity index (χ2n) is 9.65. The van der Waals surface area contributed by atoms with E-state index in [9.17, 15) is 9.59 Å². The Bertz CT molecular complexity index is 1380. The number of H-pyrrole nitrogens is 1. The number of imidazole rings is 1. The van der Waals surface area contributed by atoms with Gasteiger partial charge in [0.15, 0.2) is 5.78 Å². The molecule has 0 aliphatic rings. The molecule has 1 amide bonds. The molecule has 1 atom stereocenters. The first-order valence-electron chi connectivity index (χ1n) is 12.7. The van der Waals surface area contributed by atoms with E-state index >= 15 is 0 Å². The summed E-state index contributed by atoms with van der Waals surface area (Å²) in [4.78, 5) is 39.2. The van der Waals surface area contributed by atoms with Crippen LogP contribution < -0.4 is 10.1 Å². The average Bonchev–Trinajstić information content (AvgIpc) is 3.59. The Hall–Kier alpha value is -4.05. The molecule has 0 aliphatic carbocycles. The van der Waals surface area contributed by atoms with Crippen molar-refractivity contribution in [2.24, 2.45) is 0 Å². The van der Waals surface area contributed by atoms with Crippen molar-refractivity contribution < 1.29 is 18.8 Å². The fraction of sp³-hybridized carbons (Fsp3) is 0.393. The van der Waals surface area contributed by atoms with Crippen LogP contribution in [0.5, 0.6) is 5.75 Å². The highest BCUT2D eigenvalue weighted by molar-refractivity contribution is 5.93. The van der Waals surface area contributed by atoms with Crippen LogP contribution in [0.3, 0.4) is 0 Å². The second-order valence-corrected chi connectivity index (χ2v) is 9.65. The van der Waals surface area contributed by atoms with Gasteiger partial charge in [0.05, 0.1) is 37.1 Å². The molecule has 4 aromatic rings. The van der Waals surface area contributed by atoms with Crippen molar-refractivity contribution in [1.82, 2.24) is 30.3 Å². The van der Waals surface area contributed by atoms with Crippen molar-refractivity contribution in [2.75, 3.05) is 27.7 Å². The van der Waals surface area contributed by atoms with Gasteiger partial charge in [-0.25, -0.2) is 4.98 Å². The molecule has 2 N–H and O–H groups in total. The molecule has 10 heteroatoms. The van der Waals surface area contributed by atoms with E-state index in [0.29, 0.717) is 30.1 Å². The van der Waals surface area contributed by atoms with Crippen LogP contribution >= 0.6 is 0 Å². The Balaban J connectivity index is 1.47. The van der Waals surface area contributed by atoms with E-state index in [1.54, 1.807) is 19.4 Å². The number of ether oxygens (including phenoxy) is 1. The monoisotopic (exact) mass is 518 g/mol. The first kappa shape index (κ1) is 27.0. The van der Waals surface area contributed by atoms with E-state index in [2.05, 4.69) is 25.4 Å². The Morgan fingerprint density at radius 3 is 2.74 bits per heavy atom. The molecule has 0 fully saturated rings. The molecule has 0 saturated carbocycles. The lowest BCUT2D eigenvalue weighted by Crippen LogP contribution is -2.36. The Morgan fingerprint density at radius 1 is 1.16 bits per heavy atom. The number of amides is 1. The number of pyridine rings is 1. The third kappa shape index (κ3) is 6.83. The maximum atomic E-state index is 12.6.